The van der Waals surface area contributed by atoms with Crippen LogP contribution in [0.25, 0.3) is 0 Å². The van der Waals surface area contributed by atoms with Gasteiger partial charge in [0.25, 0.3) is 0 Å². The molecule has 0 unspecified atom stereocenters. The van der Waals surface area contributed by atoms with Gasteiger partial charge in [0.1, 0.15) is 17.5 Å². The minimum atomic E-state index is -0.911. The number of nitrogens with zero attached hydrogens (tertiary/aromatic N) is 1. The molecule has 1 aliphatic rings. The highest BCUT2D eigenvalue weighted by Crippen LogP contribution is 2.21. The first-order valence-corrected chi connectivity index (χ1v) is 9.92. The predicted molar refractivity (Wildman–Crippen MR) is 107 cm³/mol. The van der Waals surface area contributed by atoms with Crippen LogP contribution >= 0.6 is 0 Å². The summed E-state index contributed by atoms with van der Waals surface area (Å²) in [5.74, 6) is -2.17. The lowest BCUT2D eigenvalue weighted by Crippen LogP contribution is -2.39. The number of amides is 3. The monoisotopic (exact) mass is 419 g/mol. The molecule has 0 bridgehead atoms. The third-order valence-electron chi connectivity index (χ3n) is 5.24. The minimum absolute atomic E-state index is 0.169. The predicted octanol–water partition coefficient (Wildman–Crippen LogP) is 4.10. The van der Waals surface area contributed by atoms with E-state index in [1.165, 1.54) is 12.1 Å². The van der Waals surface area contributed by atoms with E-state index in [1.54, 1.807) is 12.1 Å². The van der Waals surface area contributed by atoms with Crippen LogP contribution in [0.5, 0.6) is 0 Å². The molecule has 2 aromatic carbocycles. The van der Waals surface area contributed by atoms with Crippen molar-refractivity contribution in [3.63, 3.8) is 0 Å². The first kappa shape index (κ1) is 21.8. The van der Waals surface area contributed by atoms with E-state index in [0.717, 1.165) is 56.6 Å². The van der Waals surface area contributed by atoms with Crippen LogP contribution in [-0.4, -0.2) is 36.5 Å². The number of hydrogen-bond donors (Lipinski definition) is 2. The molecule has 2 N–H and O–H groups in total. The maximum absolute atomic E-state index is 13.6. The van der Waals surface area contributed by atoms with Crippen LogP contribution in [-0.2, 0) is 11.2 Å². The number of piperidine rings is 1. The summed E-state index contributed by atoms with van der Waals surface area (Å²) in [4.78, 5) is 26.3. The van der Waals surface area contributed by atoms with Crippen molar-refractivity contribution in [1.29, 1.82) is 0 Å². The van der Waals surface area contributed by atoms with Gasteiger partial charge >= 0.3 is 6.03 Å². The molecule has 1 saturated heterocycles. The number of rotatable bonds is 6. The molecule has 3 rings (SSSR count). The van der Waals surface area contributed by atoms with Crippen LogP contribution in [0, 0.1) is 23.4 Å². The first-order valence-electron chi connectivity index (χ1n) is 9.92. The third kappa shape index (κ3) is 6.59. The average molecular weight is 419 g/mol. The van der Waals surface area contributed by atoms with Crippen molar-refractivity contribution in [2.45, 2.75) is 25.7 Å². The lowest BCUT2D eigenvalue weighted by Gasteiger charge is -2.31. The molecule has 1 aliphatic heterocycles. The summed E-state index contributed by atoms with van der Waals surface area (Å²) in [5.41, 5.74) is 0.887. The lowest BCUT2D eigenvalue weighted by molar-refractivity contribution is -0.121. The molecule has 30 heavy (non-hydrogen) atoms. The number of halogens is 3. The molecule has 0 aliphatic carbocycles. The summed E-state index contributed by atoms with van der Waals surface area (Å²) in [5, 5.41) is 4.39. The second-order valence-corrected chi connectivity index (χ2v) is 7.49. The fourth-order valence-electron chi connectivity index (χ4n) is 3.54. The Hall–Kier alpha value is -2.87. The molecule has 3 amide bonds. The normalized spacial score (nSPS) is 15.0. The number of nitrogens with one attached hydrogen (secondary N) is 2. The Kier molecular flexibility index (Phi) is 7.46. The Morgan fingerprint density at radius 1 is 0.967 bits per heavy atom. The molecule has 0 radical (unpaired) electrons. The molecular weight excluding hydrogens is 395 g/mol. The van der Waals surface area contributed by atoms with Crippen molar-refractivity contribution in [3.05, 3.63) is 65.5 Å². The van der Waals surface area contributed by atoms with E-state index in [9.17, 15) is 22.8 Å². The largest absolute Gasteiger partial charge is 0.325 e. The highest BCUT2D eigenvalue weighted by molar-refractivity contribution is 6.01. The Labute approximate surface area is 173 Å². The van der Waals surface area contributed by atoms with Gasteiger partial charge in [0.2, 0.25) is 5.91 Å². The molecule has 5 nitrogen and oxygen atoms in total. The van der Waals surface area contributed by atoms with Gasteiger partial charge in [-0.25, -0.2) is 18.0 Å². The van der Waals surface area contributed by atoms with Crippen LogP contribution < -0.4 is 10.6 Å². The maximum Gasteiger partial charge on any atom is 0.325 e. The highest BCUT2D eigenvalue weighted by atomic mass is 19.1. The van der Waals surface area contributed by atoms with Crippen molar-refractivity contribution in [3.8, 4) is 0 Å². The fraction of sp³-hybridized carbons (Fsp3) is 0.364. The quantitative estimate of drug-likeness (QED) is 0.741. The van der Waals surface area contributed by atoms with Gasteiger partial charge < -0.3 is 10.2 Å². The smallest absolute Gasteiger partial charge is 0.305 e. The number of benzene rings is 2. The SMILES string of the molecule is O=C(CC1CCN(CCc2ccc(F)cc2)CC1)NC(=O)Nc1ccc(F)cc1F. The van der Waals surface area contributed by atoms with Crippen molar-refractivity contribution < 1.29 is 22.8 Å². The van der Waals surface area contributed by atoms with Gasteiger partial charge in [-0.05, 0) is 68.1 Å². The van der Waals surface area contributed by atoms with Crippen molar-refractivity contribution in [2.24, 2.45) is 5.92 Å². The molecular formula is C22H24F3N3O2. The van der Waals surface area contributed by atoms with Gasteiger partial charge in [-0.2, -0.15) is 0 Å². The van der Waals surface area contributed by atoms with Gasteiger partial charge in [-0.1, -0.05) is 12.1 Å². The number of anilines is 1. The number of carbonyl (C=O) groups is 2. The summed E-state index contributed by atoms with van der Waals surface area (Å²) in [6.45, 7) is 2.58. The Morgan fingerprint density at radius 3 is 2.30 bits per heavy atom. The summed E-state index contributed by atoms with van der Waals surface area (Å²) in [7, 11) is 0. The second-order valence-electron chi connectivity index (χ2n) is 7.49. The maximum atomic E-state index is 13.6. The van der Waals surface area contributed by atoms with Gasteiger partial charge in [-0.3, -0.25) is 10.1 Å². The fourth-order valence-corrected chi connectivity index (χ4v) is 3.54. The van der Waals surface area contributed by atoms with Gasteiger partial charge in [0.05, 0.1) is 5.69 Å². The molecule has 1 fully saturated rings. The van der Waals surface area contributed by atoms with Crippen LogP contribution in [0.4, 0.5) is 23.7 Å². The highest BCUT2D eigenvalue weighted by Gasteiger charge is 2.22. The Morgan fingerprint density at radius 2 is 1.63 bits per heavy atom. The first-order chi connectivity index (χ1) is 14.4. The van der Waals surface area contributed by atoms with E-state index >= 15 is 0 Å². The minimum Gasteiger partial charge on any atom is -0.305 e. The second kappa shape index (κ2) is 10.2. The summed E-state index contributed by atoms with van der Waals surface area (Å²) in [6, 6.07) is 8.41. The van der Waals surface area contributed by atoms with E-state index in [1.807, 2.05) is 0 Å². The van der Waals surface area contributed by atoms with Crippen LogP contribution in [0.2, 0.25) is 0 Å². The Balaban J connectivity index is 1.36. The van der Waals surface area contributed by atoms with Crippen molar-refractivity contribution in [2.75, 3.05) is 25.0 Å². The standard InChI is InChI=1S/C22H24F3N3O2/c23-17-3-1-15(2-4-17)7-10-28-11-8-16(9-12-28)13-21(29)27-22(30)26-20-6-5-18(24)14-19(20)25/h1-6,14,16H,7-13H2,(H2,26,27,29,30). The zero-order chi connectivity index (χ0) is 21.5. The third-order valence-corrected chi connectivity index (χ3v) is 5.24. The summed E-state index contributed by atoms with van der Waals surface area (Å²) >= 11 is 0. The van der Waals surface area contributed by atoms with E-state index < -0.39 is 23.6 Å². The van der Waals surface area contributed by atoms with E-state index in [4.69, 9.17) is 0 Å². The summed E-state index contributed by atoms with van der Waals surface area (Å²) < 4.78 is 39.4. The molecule has 0 atom stereocenters. The van der Waals surface area contributed by atoms with Crippen molar-refractivity contribution >= 4 is 17.6 Å². The van der Waals surface area contributed by atoms with E-state index in [0.29, 0.717) is 6.07 Å². The van der Waals surface area contributed by atoms with Gasteiger partial charge in [-0.15, -0.1) is 0 Å². The van der Waals surface area contributed by atoms with E-state index in [2.05, 4.69) is 15.5 Å². The van der Waals surface area contributed by atoms with Crippen molar-refractivity contribution in [1.82, 2.24) is 10.2 Å². The summed E-state index contributed by atoms with van der Waals surface area (Å²) in [6.07, 6.45) is 2.73. The molecule has 0 saturated carbocycles. The van der Waals surface area contributed by atoms with E-state index in [-0.39, 0.29) is 23.8 Å². The molecule has 8 heteroatoms. The molecule has 0 spiro atoms. The van der Waals surface area contributed by atoms with Gasteiger partial charge in [0, 0.05) is 19.0 Å². The lowest BCUT2D eigenvalue weighted by atomic mass is 9.93. The van der Waals surface area contributed by atoms with Gasteiger partial charge in [0.15, 0.2) is 0 Å². The number of hydrogen-bond acceptors (Lipinski definition) is 3. The number of likely N-dealkylation sites (tertiary alicyclic amines) is 1. The van der Waals surface area contributed by atoms with Crippen LogP contribution in [0.1, 0.15) is 24.8 Å². The number of carbonyl (C=O) groups excluding carboxylic acids is 2. The topological polar surface area (TPSA) is 61.4 Å². The zero-order valence-electron chi connectivity index (χ0n) is 16.5. The molecule has 1 heterocycles. The number of imide groups is 1. The molecule has 0 aromatic heterocycles. The number of urea groups is 1. The zero-order valence-corrected chi connectivity index (χ0v) is 16.5. The molecule has 2 aromatic rings. The molecule has 160 valence electrons. The average Bonchev–Trinajstić information content (AvgIpc) is 2.70. The Bertz CT molecular complexity index is 882. The van der Waals surface area contributed by atoms with Crippen LogP contribution in [0.15, 0.2) is 42.5 Å². The van der Waals surface area contributed by atoms with Crippen LogP contribution in [0.3, 0.4) is 0 Å².